The number of ether oxygens (including phenoxy) is 2. The summed E-state index contributed by atoms with van der Waals surface area (Å²) in [5, 5.41) is 3.08. The van der Waals surface area contributed by atoms with E-state index >= 15 is 4.79 Å². The van der Waals surface area contributed by atoms with Crippen LogP contribution in [0.2, 0.25) is 0 Å². The summed E-state index contributed by atoms with van der Waals surface area (Å²) in [6, 6.07) is 27.5. The van der Waals surface area contributed by atoms with E-state index in [4.69, 9.17) is 9.47 Å². The Hall–Kier alpha value is -5.43. The molecule has 0 aliphatic carbocycles. The number of carbonyl (C=O) groups excluding carboxylic acids is 3. The number of hydrogen-bond acceptors (Lipinski definition) is 6. The molecule has 7 heteroatoms. The van der Waals surface area contributed by atoms with E-state index in [1.165, 1.54) is 0 Å². The molecule has 1 spiro atoms. The number of rotatable bonds is 8. The zero-order chi connectivity index (χ0) is 30.4. The molecule has 44 heavy (non-hydrogen) atoms. The molecule has 4 aromatic rings. The van der Waals surface area contributed by atoms with Gasteiger partial charge in [0.1, 0.15) is 29.6 Å². The highest BCUT2D eigenvalue weighted by molar-refractivity contribution is 6.16. The summed E-state index contributed by atoms with van der Waals surface area (Å²) in [5.41, 5.74) is 2.54. The molecule has 4 aromatic carbocycles. The van der Waals surface area contributed by atoms with Crippen LogP contribution in [0, 0.1) is 5.92 Å². The van der Waals surface area contributed by atoms with E-state index < -0.39 is 23.4 Å². The van der Waals surface area contributed by atoms with Crippen molar-refractivity contribution in [1.82, 2.24) is 4.90 Å². The van der Waals surface area contributed by atoms with Crippen molar-refractivity contribution in [3.05, 3.63) is 144 Å². The summed E-state index contributed by atoms with van der Waals surface area (Å²) in [4.78, 5) is 46.2. The Morgan fingerprint density at radius 3 is 2.48 bits per heavy atom. The molecule has 0 radical (unpaired) electrons. The Balaban J connectivity index is 1.49. The molecule has 3 aliphatic heterocycles. The predicted octanol–water partition coefficient (Wildman–Crippen LogP) is 6.24. The van der Waals surface area contributed by atoms with Crippen molar-refractivity contribution in [2.24, 2.45) is 5.92 Å². The maximum absolute atomic E-state index is 15.0. The zero-order valence-electron chi connectivity index (χ0n) is 24.1. The average molecular weight is 583 g/mol. The molecule has 1 N–H and O–H groups in total. The first-order valence-corrected chi connectivity index (χ1v) is 14.5. The van der Waals surface area contributed by atoms with Crippen LogP contribution in [-0.4, -0.2) is 42.1 Å². The first-order valence-electron chi connectivity index (χ1n) is 14.5. The number of anilines is 1. The second-order valence-corrected chi connectivity index (χ2v) is 11.2. The van der Waals surface area contributed by atoms with Gasteiger partial charge in [-0.2, -0.15) is 0 Å². The average Bonchev–Trinajstić information content (AvgIpc) is 3.55. The molecular formula is C37H30N2O5. The van der Waals surface area contributed by atoms with Crippen LogP contribution in [0.1, 0.15) is 43.4 Å². The monoisotopic (exact) mass is 582 g/mol. The van der Waals surface area contributed by atoms with Crippen molar-refractivity contribution in [1.29, 1.82) is 0 Å². The van der Waals surface area contributed by atoms with Crippen molar-refractivity contribution in [2.75, 3.05) is 19.0 Å². The van der Waals surface area contributed by atoms with E-state index in [-0.39, 0.29) is 24.1 Å². The van der Waals surface area contributed by atoms with Gasteiger partial charge in [-0.25, -0.2) is 0 Å². The van der Waals surface area contributed by atoms with Crippen molar-refractivity contribution >= 4 is 29.2 Å². The van der Waals surface area contributed by atoms with Crippen LogP contribution in [0.15, 0.2) is 116 Å². The third-order valence-electron chi connectivity index (χ3n) is 8.98. The Morgan fingerprint density at radius 2 is 1.68 bits per heavy atom. The molecule has 1 saturated heterocycles. The molecule has 218 valence electrons. The molecule has 7 nitrogen and oxygen atoms in total. The highest BCUT2D eigenvalue weighted by atomic mass is 16.5. The molecule has 0 saturated carbocycles. The lowest BCUT2D eigenvalue weighted by Crippen LogP contribution is -2.49. The smallest absolute Gasteiger partial charge is 0.238 e. The maximum Gasteiger partial charge on any atom is 0.238 e. The van der Waals surface area contributed by atoms with Crippen LogP contribution < -0.4 is 14.8 Å². The van der Waals surface area contributed by atoms with Gasteiger partial charge in [0.05, 0.1) is 19.1 Å². The minimum absolute atomic E-state index is 0.256. The second kappa shape index (κ2) is 10.7. The topological polar surface area (TPSA) is 84.9 Å². The van der Waals surface area contributed by atoms with E-state index in [0.717, 1.165) is 11.1 Å². The number of Topliss-reactive ketones (excluding diaryl/α,β-unsaturated/α-hetero) is 2. The second-order valence-electron chi connectivity index (χ2n) is 11.2. The number of amides is 1. The van der Waals surface area contributed by atoms with Gasteiger partial charge in [-0.3, -0.25) is 14.4 Å². The minimum Gasteiger partial charge on any atom is -0.497 e. The lowest BCUT2D eigenvalue weighted by Gasteiger charge is -2.38. The molecular weight excluding hydrogens is 552 g/mol. The number of nitrogens with zero attached hydrogens (tertiary/aromatic N) is 1. The fourth-order valence-corrected chi connectivity index (χ4v) is 7.17. The van der Waals surface area contributed by atoms with Crippen LogP contribution >= 0.6 is 0 Å². The van der Waals surface area contributed by atoms with Gasteiger partial charge in [0, 0.05) is 23.0 Å². The fourth-order valence-electron chi connectivity index (χ4n) is 7.17. The van der Waals surface area contributed by atoms with E-state index in [2.05, 4.69) is 11.9 Å². The summed E-state index contributed by atoms with van der Waals surface area (Å²) in [6.07, 6.45) is 5.45. The van der Waals surface area contributed by atoms with Gasteiger partial charge in [0.25, 0.3) is 0 Å². The Morgan fingerprint density at radius 1 is 0.909 bits per heavy atom. The fraction of sp³-hybridized carbons (Fsp3) is 0.162. The number of carbonyl (C=O) groups is 3. The van der Waals surface area contributed by atoms with Crippen LogP contribution in [0.3, 0.4) is 0 Å². The lowest BCUT2D eigenvalue weighted by atomic mass is 9.62. The van der Waals surface area contributed by atoms with Crippen molar-refractivity contribution < 1.29 is 23.9 Å². The largest absolute Gasteiger partial charge is 0.497 e. The number of ketones is 2. The normalized spacial score (nSPS) is 22.5. The number of nitrogens with one attached hydrogen (secondary N) is 1. The number of benzene rings is 4. The van der Waals surface area contributed by atoms with Gasteiger partial charge in [-0.05, 0) is 65.2 Å². The van der Waals surface area contributed by atoms with E-state index in [9.17, 15) is 9.59 Å². The van der Waals surface area contributed by atoms with Crippen molar-refractivity contribution in [3.8, 4) is 11.5 Å². The first-order chi connectivity index (χ1) is 21.5. The highest BCUT2D eigenvalue weighted by Crippen LogP contribution is 2.62. The molecule has 3 aliphatic rings. The zero-order valence-corrected chi connectivity index (χ0v) is 24.1. The predicted molar refractivity (Wildman–Crippen MR) is 168 cm³/mol. The van der Waals surface area contributed by atoms with E-state index in [0.29, 0.717) is 33.9 Å². The van der Waals surface area contributed by atoms with Crippen molar-refractivity contribution in [2.45, 2.75) is 17.5 Å². The third kappa shape index (κ3) is 4.00. The Bertz CT molecular complexity index is 1840. The number of para-hydroxylation sites is 1. The quantitative estimate of drug-likeness (QED) is 0.196. The van der Waals surface area contributed by atoms with Gasteiger partial charge >= 0.3 is 0 Å². The molecule has 4 atom stereocenters. The highest BCUT2D eigenvalue weighted by Gasteiger charge is 2.70. The summed E-state index contributed by atoms with van der Waals surface area (Å²) in [7, 11) is 1.57. The van der Waals surface area contributed by atoms with Crippen LogP contribution in [0.25, 0.3) is 6.08 Å². The van der Waals surface area contributed by atoms with Crippen LogP contribution in [0.5, 0.6) is 11.5 Å². The lowest BCUT2D eigenvalue weighted by molar-refractivity contribution is -0.122. The van der Waals surface area contributed by atoms with Gasteiger partial charge in [0.15, 0.2) is 11.6 Å². The molecule has 0 bridgehead atoms. The SMILES string of the molecule is C=CCOc1cccc(C(=O)[C@@H]2[C@H](C(=O)c3ccc(OC)cc3)N3C=Cc4ccccc4[C@H]3[C@]23C(=O)Nc2ccccc23)c1. The molecule has 7 rings (SSSR count). The van der Waals surface area contributed by atoms with Crippen LogP contribution in [0.4, 0.5) is 5.69 Å². The standard InChI is InChI=1S/C37H30N2O5/c1-3-21-44-27-11-8-10-25(22-27)33(40)31-32(34(41)24-15-17-26(43-2)18-16-24)39-20-19-23-9-4-5-12-28(23)35(39)37(31)29-13-6-7-14-30(29)38-36(37)42/h3-20,22,31-32,35H,1,21H2,2H3,(H,38,42)/t31-,32+,35-,37+/m0/s1. The molecule has 3 heterocycles. The summed E-state index contributed by atoms with van der Waals surface area (Å²) in [6.45, 7) is 3.98. The number of fused-ring (bicyclic) bond motifs is 6. The molecule has 1 amide bonds. The third-order valence-corrected chi connectivity index (χ3v) is 8.98. The summed E-state index contributed by atoms with van der Waals surface area (Å²) >= 11 is 0. The number of hydrogen-bond donors (Lipinski definition) is 1. The van der Waals surface area contributed by atoms with E-state index in [1.54, 1.807) is 61.7 Å². The van der Waals surface area contributed by atoms with Gasteiger partial charge < -0.3 is 19.7 Å². The molecule has 0 unspecified atom stereocenters. The Kier molecular flexibility index (Phi) is 6.66. The van der Waals surface area contributed by atoms with Crippen molar-refractivity contribution in [3.63, 3.8) is 0 Å². The number of methoxy groups -OCH3 is 1. The van der Waals surface area contributed by atoms with Crippen LogP contribution in [-0.2, 0) is 10.2 Å². The first kappa shape index (κ1) is 27.4. The van der Waals surface area contributed by atoms with E-state index in [1.807, 2.05) is 65.7 Å². The van der Waals surface area contributed by atoms with Gasteiger partial charge in [-0.15, -0.1) is 0 Å². The Labute approximate surface area is 255 Å². The minimum atomic E-state index is -1.40. The van der Waals surface area contributed by atoms with Gasteiger partial charge in [0.2, 0.25) is 5.91 Å². The molecule has 0 aromatic heterocycles. The maximum atomic E-state index is 15.0. The summed E-state index contributed by atoms with van der Waals surface area (Å²) < 4.78 is 11.1. The summed E-state index contributed by atoms with van der Waals surface area (Å²) in [5.74, 6) is -0.832. The van der Waals surface area contributed by atoms with Gasteiger partial charge in [-0.1, -0.05) is 67.3 Å². The molecule has 1 fully saturated rings.